The average Bonchev–Trinajstić information content (AvgIpc) is 3.35. The molecule has 1 saturated carbocycles. The van der Waals surface area contributed by atoms with Gasteiger partial charge in [0.25, 0.3) is 0 Å². The third-order valence-corrected chi connectivity index (χ3v) is 7.63. The number of ether oxygens (including phenoxy) is 1. The van der Waals surface area contributed by atoms with Gasteiger partial charge in [0, 0.05) is 44.0 Å². The predicted molar refractivity (Wildman–Crippen MR) is 109 cm³/mol. The minimum atomic E-state index is -1.53. The van der Waals surface area contributed by atoms with E-state index in [1.165, 1.54) is 29.9 Å². The number of hydrogen-bond acceptors (Lipinski definition) is 5. The summed E-state index contributed by atoms with van der Waals surface area (Å²) >= 11 is 1.47. The van der Waals surface area contributed by atoms with Crippen LogP contribution in [-0.2, 0) is 15.2 Å². The summed E-state index contributed by atoms with van der Waals surface area (Å²) in [4.78, 5) is 2.37. The number of anilines is 1. The highest BCUT2D eigenvalue weighted by molar-refractivity contribution is 7.85. The molecule has 4 rings (SSSR count). The summed E-state index contributed by atoms with van der Waals surface area (Å²) < 4.78 is 22.7. The fourth-order valence-electron chi connectivity index (χ4n) is 3.54. The molecule has 1 aliphatic heterocycles. The Hall–Kier alpha value is -1.41. The van der Waals surface area contributed by atoms with Crippen LogP contribution in [0.4, 0.5) is 5.69 Å². The number of nitrogens with one attached hydrogen (secondary N) is 2. The first kappa shape index (κ1) is 18.0. The van der Waals surface area contributed by atoms with E-state index in [4.69, 9.17) is 4.74 Å². The highest BCUT2D eigenvalue weighted by Gasteiger charge is 2.23. The number of thiophene rings is 1. The predicted octanol–water partition coefficient (Wildman–Crippen LogP) is 3.45. The van der Waals surface area contributed by atoms with Crippen molar-refractivity contribution in [2.24, 2.45) is 0 Å². The summed E-state index contributed by atoms with van der Waals surface area (Å²) in [5, 5.41) is 4.16. The molecule has 26 heavy (non-hydrogen) atoms. The fourth-order valence-corrected chi connectivity index (χ4v) is 5.84. The number of hydrogen-bond donors (Lipinski definition) is 2. The molecule has 0 radical (unpaired) electrons. The first-order valence-electron chi connectivity index (χ1n) is 9.35. The van der Waals surface area contributed by atoms with E-state index >= 15 is 0 Å². The van der Waals surface area contributed by atoms with Gasteiger partial charge < -0.3 is 15.0 Å². The summed E-state index contributed by atoms with van der Waals surface area (Å²) in [6.45, 7) is 4.06. The summed E-state index contributed by atoms with van der Waals surface area (Å²) in [5.41, 5.74) is 1.19. The van der Waals surface area contributed by atoms with Crippen LogP contribution in [0.3, 0.4) is 0 Å². The molecule has 2 aromatic rings. The van der Waals surface area contributed by atoms with Gasteiger partial charge in [-0.25, -0.2) is 0 Å². The molecule has 1 aromatic heterocycles. The van der Waals surface area contributed by atoms with Crippen LogP contribution in [0.25, 0.3) is 0 Å². The Kier molecular flexibility index (Phi) is 5.89. The van der Waals surface area contributed by atoms with E-state index in [-0.39, 0.29) is 0 Å². The fraction of sp³-hybridized carbons (Fsp3) is 0.474. The maximum atomic E-state index is 12.5. The summed E-state index contributed by atoms with van der Waals surface area (Å²) in [6, 6.07) is 12.5. The standard InChI is InChI=1S/C19H25N3O2S2/c23-26(21-15-4-1-2-5-15)19-9-8-18(25-19)24-17-7-3-6-16(14-17)22-12-10-20-11-13-22/h3,6-9,14-15,20H,1-2,4-5,10-13H2,(H,21,23)/p+1. The van der Waals surface area contributed by atoms with Crippen molar-refractivity contribution >= 4 is 28.0 Å². The van der Waals surface area contributed by atoms with Crippen molar-refractivity contribution in [1.82, 2.24) is 10.0 Å². The van der Waals surface area contributed by atoms with Crippen molar-refractivity contribution < 1.29 is 8.95 Å². The molecule has 5 nitrogen and oxygen atoms in total. The van der Waals surface area contributed by atoms with E-state index in [1.54, 1.807) is 0 Å². The molecule has 1 saturated heterocycles. The van der Waals surface area contributed by atoms with Crippen molar-refractivity contribution in [1.29, 1.82) is 0 Å². The molecule has 7 heteroatoms. The van der Waals surface area contributed by atoms with Gasteiger partial charge in [-0.2, -0.15) is 0 Å². The van der Waals surface area contributed by atoms with Gasteiger partial charge in [-0.3, -0.25) is 0 Å². The van der Waals surface area contributed by atoms with Gasteiger partial charge in [-0.05, 0) is 42.4 Å². The van der Waals surface area contributed by atoms with Crippen LogP contribution in [0, 0.1) is 0 Å². The van der Waals surface area contributed by atoms with Gasteiger partial charge in [0.05, 0.1) is 6.04 Å². The van der Waals surface area contributed by atoms with E-state index in [9.17, 15) is 4.21 Å². The summed E-state index contributed by atoms with van der Waals surface area (Å²) in [5.74, 6) is 0.827. The molecule has 1 aliphatic carbocycles. The molecule has 1 aromatic carbocycles. The normalized spacial score (nSPS) is 19.6. The quantitative estimate of drug-likeness (QED) is 0.584. The number of piperazine rings is 1. The number of benzene rings is 1. The van der Waals surface area contributed by atoms with Crippen molar-refractivity contribution in [3.8, 4) is 10.8 Å². The molecule has 1 unspecified atom stereocenters. The number of rotatable bonds is 6. The maximum absolute atomic E-state index is 12.5. The zero-order chi connectivity index (χ0) is 17.8. The third-order valence-electron chi connectivity index (χ3n) is 4.94. The van der Waals surface area contributed by atoms with Gasteiger partial charge in [0.1, 0.15) is 5.75 Å². The molecule has 0 spiro atoms. The molecule has 1 atom stereocenters. The van der Waals surface area contributed by atoms with Crippen LogP contribution in [0.5, 0.6) is 10.8 Å². The Morgan fingerprint density at radius 1 is 1.15 bits per heavy atom. The lowest BCUT2D eigenvalue weighted by Gasteiger charge is -2.29. The highest BCUT2D eigenvalue weighted by Crippen LogP contribution is 2.33. The zero-order valence-electron chi connectivity index (χ0n) is 14.8. The smallest absolute Gasteiger partial charge is 0.232 e. The first-order chi connectivity index (χ1) is 12.8. The van der Waals surface area contributed by atoms with Crippen LogP contribution in [0.1, 0.15) is 25.7 Å². The van der Waals surface area contributed by atoms with Crippen LogP contribution in [0.2, 0.25) is 0 Å². The van der Waals surface area contributed by atoms with E-state index in [1.807, 2.05) is 24.3 Å². The largest absolute Gasteiger partial charge is 0.446 e. The highest BCUT2D eigenvalue weighted by atomic mass is 32.2. The van der Waals surface area contributed by atoms with E-state index in [0.717, 1.165) is 54.0 Å². The molecule has 2 heterocycles. The van der Waals surface area contributed by atoms with Crippen LogP contribution < -0.4 is 19.7 Å². The van der Waals surface area contributed by atoms with Gasteiger partial charge >= 0.3 is 0 Å². The Labute approximate surface area is 161 Å². The van der Waals surface area contributed by atoms with E-state index in [0.29, 0.717) is 6.04 Å². The Morgan fingerprint density at radius 3 is 2.77 bits per heavy atom. The minimum Gasteiger partial charge on any atom is -0.446 e. The van der Waals surface area contributed by atoms with Crippen LogP contribution >= 0.6 is 11.3 Å². The zero-order valence-corrected chi connectivity index (χ0v) is 16.5. The van der Waals surface area contributed by atoms with Crippen molar-refractivity contribution in [2.45, 2.75) is 35.9 Å². The van der Waals surface area contributed by atoms with Crippen LogP contribution in [-0.4, -0.2) is 32.2 Å². The average molecular weight is 393 g/mol. The van der Waals surface area contributed by atoms with Crippen molar-refractivity contribution in [2.75, 3.05) is 31.1 Å². The molecule has 2 N–H and O–H groups in total. The molecule has 2 aliphatic rings. The van der Waals surface area contributed by atoms with Crippen LogP contribution in [0.15, 0.2) is 40.6 Å². The SMILES string of the molecule is O=[SH+](NC1CCCC1)c1ccc(Oc2cccc(N3CCNCC3)c2)s1. The molecular weight excluding hydrogens is 366 g/mol. The second-order valence-corrected chi connectivity index (χ2v) is 9.51. The lowest BCUT2D eigenvalue weighted by molar-refractivity contribution is 0.496. The maximum Gasteiger partial charge on any atom is 0.232 e. The Bertz CT molecular complexity index is 753. The second kappa shape index (κ2) is 8.52. The Balaban J connectivity index is 1.39. The molecule has 0 bridgehead atoms. The van der Waals surface area contributed by atoms with Gasteiger partial charge in [0.15, 0.2) is 16.0 Å². The van der Waals surface area contributed by atoms with Gasteiger partial charge in [-0.15, -0.1) is 4.72 Å². The van der Waals surface area contributed by atoms with Gasteiger partial charge in [-0.1, -0.05) is 23.1 Å². The second-order valence-electron chi connectivity index (χ2n) is 6.83. The number of thiol groups is 1. The minimum absolute atomic E-state index is 0.404. The lowest BCUT2D eigenvalue weighted by atomic mass is 10.2. The monoisotopic (exact) mass is 392 g/mol. The van der Waals surface area contributed by atoms with Gasteiger partial charge in [0.2, 0.25) is 4.21 Å². The first-order valence-corrected chi connectivity index (χ1v) is 11.4. The number of nitrogens with zero attached hydrogens (tertiary/aromatic N) is 1. The molecule has 2 fully saturated rings. The summed E-state index contributed by atoms with van der Waals surface area (Å²) in [7, 11) is -1.53. The van der Waals surface area contributed by atoms with Crippen molar-refractivity contribution in [3.05, 3.63) is 36.4 Å². The topological polar surface area (TPSA) is 53.6 Å². The molecule has 0 amide bonds. The molecular formula is C19H26N3O2S2+. The van der Waals surface area contributed by atoms with E-state index in [2.05, 4.69) is 27.1 Å². The van der Waals surface area contributed by atoms with E-state index < -0.39 is 11.0 Å². The summed E-state index contributed by atoms with van der Waals surface area (Å²) in [6.07, 6.45) is 4.75. The molecule has 140 valence electrons. The lowest BCUT2D eigenvalue weighted by Crippen LogP contribution is -2.43. The Morgan fingerprint density at radius 2 is 1.96 bits per heavy atom. The van der Waals surface area contributed by atoms with Crippen molar-refractivity contribution in [3.63, 3.8) is 0 Å². The third kappa shape index (κ3) is 4.46.